The molecular formula is C17H27NO2. The summed E-state index contributed by atoms with van der Waals surface area (Å²) in [4.78, 5) is 11.0. The van der Waals surface area contributed by atoms with E-state index in [0.29, 0.717) is 0 Å². The molecule has 2 N–H and O–H groups in total. The molecule has 1 aromatic carbocycles. The van der Waals surface area contributed by atoms with Crippen LogP contribution < -0.4 is 5.32 Å². The number of carboxylic acid groups (broad SMARTS) is 1. The van der Waals surface area contributed by atoms with Crippen molar-refractivity contribution in [1.82, 2.24) is 5.32 Å². The second-order valence-electron chi connectivity index (χ2n) is 5.69. The quantitative estimate of drug-likeness (QED) is 0.804. The SMILES string of the molecule is CCCNC(CC(=O)O)Cc1c(C)c(C)cc(C)c1C. The molecule has 0 aromatic heterocycles. The van der Waals surface area contributed by atoms with Crippen LogP contribution in [-0.2, 0) is 11.2 Å². The lowest BCUT2D eigenvalue weighted by Gasteiger charge is -2.21. The Kier molecular flexibility index (Phi) is 6.21. The normalized spacial score (nSPS) is 12.4. The van der Waals surface area contributed by atoms with Gasteiger partial charge in [0.05, 0.1) is 6.42 Å². The van der Waals surface area contributed by atoms with E-state index >= 15 is 0 Å². The van der Waals surface area contributed by atoms with Crippen LogP contribution >= 0.6 is 0 Å². The Morgan fingerprint density at radius 2 is 1.75 bits per heavy atom. The molecule has 3 nitrogen and oxygen atoms in total. The molecule has 0 aliphatic carbocycles. The highest BCUT2D eigenvalue weighted by Gasteiger charge is 2.17. The van der Waals surface area contributed by atoms with Crippen molar-refractivity contribution in [2.45, 2.75) is 59.9 Å². The van der Waals surface area contributed by atoms with Gasteiger partial charge in [0.1, 0.15) is 0 Å². The summed E-state index contributed by atoms with van der Waals surface area (Å²) in [5, 5.41) is 12.4. The number of nitrogens with one attached hydrogen (secondary N) is 1. The average Bonchev–Trinajstić information content (AvgIpc) is 2.37. The Morgan fingerprint density at radius 3 is 2.20 bits per heavy atom. The van der Waals surface area contributed by atoms with Gasteiger partial charge < -0.3 is 10.4 Å². The average molecular weight is 277 g/mol. The van der Waals surface area contributed by atoms with E-state index in [0.717, 1.165) is 19.4 Å². The van der Waals surface area contributed by atoms with Crippen LogP contribution in [0.1, 0.15) is 47.6 Å². The second-order valence-corrected chi connectivity index (χ2v) is 5.69. The number of aryl methyl sites for hydroxylation is 2. The smallest absolute Gasteiger partial charge is 0.304 e. The molecule has 0 heterocycles. The molecule has 1 unspecified atom stereocenters. The summed E-state index contributed by atoms with van der Waals surface area (Å²) >= 11 is 0. The fourth-order valence-electron chi connectivity index (χ4n) is 2.63. The zero-order valence-electron chi connectivity index (χ0n) is 13.3. The summed E-state index contributed by atoms with van der Waals surface area (Å²) < 4.78 is 0. The molecule has 0 fully saturated rings. The molecule has 0 saturated carbocycles. The van der Waals surface area contributed by atoms with Gasteiger partial charge in [0.15, 0.2) is 0 Å². The first-order valence-electron chi connectivity index (χ1n) is 7.38. The van der Waals surface area contributed by atoms with Crippen LogP contribution in [0.25, 0.3) is 0 Å². The van der Waals surface area contributed by atoms with Gasteiger partial charge in [-0.3, -0.25) is 4.79 Å². The van der Waals surface area contributed by atoms with Crippen molar-refractivity contribution in [2.75, 3.05) is 6.54 Å². The Balaban J connectivity index is 3.00. The number of hydrogen-bond donors (Lipinski definition) is 2. The van der Waals surface area contributed by atoms with E-state index in [4.69, 9.17) is 5.11 Å². The Hall–Kier alpha value is -1.35. The van der Waals surface area contributed by atoms with Gasteiger partial charge >= 0.3 is 5.97 Å². The number of hydrogen-bond acceptors (Lipinski definition) is 2. The third kappa shape index (κ3) is 4.34. The van der Waals surface area contributed by atoms with Crippen LogP contribution in [0.5, 0.6) is 0 Å². The standard InChI is InChI=1S/C17H27NO2/c1-6-7-18-15(10-17(19)20)9-16-13(4)11(2)8-12(3)14(16)5/h8,15,18H,6-7,9-10H2,1-5H3,(H,19,20). The van der Waals surface area contributed by atoms with E-state index in [1.165, 1.54) is 27.8 Å². The number of benzene rings is 1. The minimum atomic E-state index is -0.738. The first-order valence-corrected chi connectivity index (χ1v) is 7.38. The highest BCUT2D eigenvalue weighted by Crippen LogP contribution is 2.23. The highest BCUT2D eigenvalue weighted by atomic mass is 16.4. The third-order valence-electron chi connectivity index (χ3n) is 4.08. The van der Waals surface area contributed by atoms with Gasteiger partial charge in [-0.25, -0.2) is 0 Å². The fourth-order valence-corrected chi connectivity index (χ4v) is 2.63. The molecule has 0 saturated heterocycles. The molecule has 0 radical (unpaired) electrons. The summed E-state index contributed by atoms with van der Waals surface area (Å²) in [6.07, 6.45) is 1.97. The molecule has 1 aromatic rings. The molecule has 3 heteroatoms. The number of rotatable bonds is 7. The molecule has 0 aliphatic heterocycles. The lowest BCUT2D eigenvalue weighted by atomic mass is 9.89. The number of carboxylic acids is 1. The van der Waals surface area contributed by atoms with E-state index in [-0.39, 0.29) is 12.5 Å². The van der Waals surface area contributed by atoms with Crippen molar-refractivity contribution >= 4 is 5.97 Å². The van der Waals surface area contributed by atoms with E-state index in [9.17, 15) is 4.79 Å². The summed E-state index contributed by atoms with van der Waals surface area (Å²) in [7, 11) is 0. The summed E-state index contributed by atoms with van der Waals surface area (Å²) in [6.45, 7) is 11.5. The van der Waals surface area contributed by atoms with Gasteiger partial charge in [-0.1, -0.05) is 13.0 Å². The number of carbonyl (C=O) groups is 1. The highest BCUT2D eigenvalue weighted by molar-refractivity contribution is 5.67. The van der Waals surface area contributed by atoms with Crippen molar-refractivity contribution in [3.8, 4) is 0 Å². The van der Waals surface area contributed by atoms with Crippen molar-refractivity contribution in [3.63, 3.8) is 0 Å². The summed E-state index contributed by atoms with van der Waals surface area (Å²) in [6, 6.07) is 2.21. The van der Waals surface area contributed by atoms with Crippen LogP contribution in [0.4, 0.5) is 0 Å². The minimum Gasteiger partial charge on any atom is -0.481 e. The third-order valence-corrected chi connectivity index (χ3v) is 4.08. The first kappa shape index (κ1) is 16.7. The van der Waals surface area contributed by atoms with Gasteiger partial charge in [-0.15, -0.1) is 0 Å². The molecule has 112 valence electrons. The van der Waals surface area contributed by atoms with Crippen molar-refractivity contribution < 1.29 is 9.90 Å². The molecule has 1 atom stereocenters. The Labute approximate surface area is 122 Å². The van der Waals surface area contributed by atoms with Gasteiger partial charge in [0.25, 0.3) is 0 Å². The van der Waals surface area contributed by atoms with E-state index in [1.54, 1.807) is 0 Å². The molecular weight excluding hydrogens is 250 g/mol. The Morgan fingerprint density at radius 1 is 1.20 bits per heavy atom. The largest absolute Gasteiger partial charge is 0.481 e. The zero-order valence-corrected chi connectivity index (χ0v) is 13.3. The lowest BCUT2D eigenvalue weighted by Crippen LogP contribution is -2.34. The van der Waals surface area contributed by atoms with Crippen LogP contribution in [-0.4, -0.2) is 23.7 Å². The van der Waals surface area contributed by atoms with E-state index < -0.39 is 5.97 Å². The Bertz CT molecular complexity index is 454. The second kappa shape index (κ2) is 7.44. The molecule has 0 aliphatic rings. The zero-order chi connectivity index (χ0) is 15.3. The van der Waals surface area contributed by atoms with Crippen LogP contribution in [0, 0.1) is 27.7 Å². The van der Waals surface area contributed by atoms with Gasteiger partial charge in [-0.2, -0.15) is 0 Å². The molecule has 1 rings (SSSR count). The maximum atomic E-state index is 11.0. The van der Waals surface area contributed by atoms with Crippen molar-refractivity contribution in [3.05, 3.63) is 33.9 Å². The maximum Gasteiger partial charge on any atom is 0.304 e. The first-order chi connectivity index (χ1) is 9.36. The lowest BCUT2D eigenvalue weighted by molar-refractivity contribution is -0.137. The van der Waals surface area contributed by atoms with Crippen molar-refractivity contribution in [2.24, 2.45) is 0 Å². The van der Waals surface area contributed by atoms with Crippen LogP contribution in [0.15, 0.2) is 6.07 Å². The topological polar surface area (TPSA) is 49.3 Å². The minimum absolute atomic E-state index is 0.00560. The molecule has 0 bridgehead atoms. The predicted octanol–water partition coefficient (Wildman–Crippen LogP) is 3.31. The molecule has 0 amide bonds. The maximum absolute atomic E-state index is 11.0. The van der Waals surface area contributed by atoms with Crippen molar-refractivity contribution in [1.29, 1.82) is 0 Å². The van der Waals surface area contributed by atoms with E-state index in [2.05, 4.69) is 46.0 Å². The summed E-state index contributed by atoms with van der Waals surface area (Å²) in [5.41, 5.74) is 6.46. The van der Waals surface area contributed by atoms with Crippen LogP contribution in [0.3, 0.4) is 0 Å². The van der Waals surface area contributed by atoms with Gasteiger partial charge in [-0.05, 0) is 74.9 Å². The van der Waals surface area contributed by atoms with Crippen LogP contribution in [0.2, 0.25) is 0 Å². The summed E-state index contributed by atoms with van der Waals surface area (Å²) in [5.74, 6) is -0.738. The van der Waals surface area contributed by atoms with Gasteiger partial charge in [0, 0.05) is 6.04 Å². The fraction of sp³-hybridized carbons (Fsp3) is 0.588. The predicted molar refractivity (Wildman–Crippen MR) is 83.4 cm³/mol. The number of aliphatic carboxylic acids is 1. The monoisotopic (exact) mass is 277 g/mol. The molecule has 0 spiro atoms. The van der Waals surface area contributed by atoms with Gasteiger partial charge in [0.2, 0.25) is 0 Å². The van der Waals surface area contributed by atoms with E-state index in [1.807, 2.05) is 0 Å². The molecule has 20 heavy (non-hydrogen) atoms.